The fourth-order valence-electron chi connectivity index (χ4n) is 3.04. The van der Waals surface area contributed by atoms with Crippen molar-refractivity contribution in [3.8, 4) is 5.75 Å². The molecular formula is C19H23N5O3. The number of hydrogen-bond acceptors (Lipinski definition) is 5. The zero-order valence-electron chi connectivity index (χ0n) is 15.8. The molecule has 1 aliphatic rings. The van der Waals surface area contributed by atoms with Gasteiger partial charge in [0.1, 0.15) is 17.5 Å². The summed E-state index contributed by atoms with van der Waals surface area (Å²) in [5.74, 6) is 0.544. The van der Waals surface area contributed by atoms with Crippen LogP contribution >= 0.6 is 0 Å². The number of pyridine rings is 1. The van der Waals surface area contributed by atoms with Crippen LogP contribution in [0.2, 0.25) is 0 Å². The normalized spacial score (nSPS) is 15.3. The van der Waals surface area contributed by atoms with Gasteiger partial charge in [-0.05, 0) is 49.9 Å². The number of carbonyl (C=O) groups is 1. The third-order valence-electron chi connectivity index (χ3n) is 4.29. The lowest BCUT2D eigenvalue weighted by Gasteiger charge is -2.33. The number of azide groups is 1. The lowest BCUT2D eigenvalue weighted by molar-refractivity contribution is 0.0127. The number of piperidine rings is 1. The molecular weight excluding hydrogens is 346 g/mol. The molecule has 2 aromatic rings. The number of likely N-dealkylation sites (tertiary alicyclic amines) is 1. The van der Waals surface area contributed by atoms with Crippen LogP contribution in [0.3, 0.4) is 0 Å². The van der Waals surface area contributed by atoms with Crippen LogP contribution < -0.4 is 4.74 Å². The molecule has 2 heterocycles. The van der Waals surface area contributed by atoms with E-state index in [0.29, 0.717) is 37.4 Å². The minimum absolute atomic E-state index is 0.0596. The van der Waals surface area contributed by atoms with Crippen molar-refractivity contribution >= 4 is 22.6 Å². The van der Waals surface area contributed by atoms with E-state index in [4.69, 9.17) is 15.0 Å². The minimum atomic E-state index is -0.505. The van der Waals surface area contributed by atoms with E-state index in [9.17, 15) is 4.79 Å². The van der Waals surface area contributed by atoms with Gasteiger partial charge in [-0.15, -0.1) is 0 Å². The molecule has 0 aliphatic carbocycles. The summed E-state index contributed by atoms with van der Waals surface area (Å²) in [5, 5.41) is 5.51. The Kier molecular flexibility index (Phi) is 5.37. The standard InChI is InChI=1S/C19H23N5O3/c1-19(2,3)27-18(25)24-10-7-14(8-11-24)26-16-5-4-13-12-21-9-6-15(13)17(16)22-23-20/h4-6,9,12,14H,7-8,10-11H2,1-3H3. The van der Waals surface area contributed by atoms with Crippen LogP contribution in [-0.4, -0.2) is 40.8 Å². The fraction of sp³-hybridized carbons (Fsp3) is 0.474. The van der Waals surface area contributed by atoms with Crippen molar-refractivity contribution in [3.05, 3.63) is 41.0 Å². The zero-order chi connectivity index (χ0) is 19.4. The van der Waals surface area contributed by atoms with Crippen molar-refractivity contribution in [1.29, 1.82) is 0 Å². The summed E-state index contributed by atoms with van der Waals surface area (Å²) in [7, 11) is 0. The number of benzene rings is 1. The van der Waals surface area contributed by atoms with Crippen LogP contribution in [0.25, 0.3) is 21.2 Å². The lowest BCUT2D eigenvalue weighted by Crippen LogP contribution is -2.44. The number of ether oxygens (including phenoxy) is 2. The second-order valence-corrected chi connectivity index (χ2v) is 7.48. The quantitative estimate of drug-likeness (QED) is 0.434. The number of amides is 1. The van der Waals surface area contributed by atoms with Gasteiger partial charge in [0.25, 0.3) is 0 Å². The molecule has 0 saturated carbocycles. The smallest absolute Gasteiger partial charge is 0.410 e. The number of carbonyl (C=O) groups excluding carboxylic acids is 1. The average molecular weight is 369 g/mol. The van der Waals surface area contributed by atoms with Crippen LogP contribution in [0.1, 0.15) is 33.6 Å². The first-order valence-corrected chi connectivity index (χ1v) is 8.94. The highest BCUT2D eigenvalue weighted by Crippen LogP contribution is 2.37. The van der Waals surface area contributed by atoms with Crippen LogP contribution in [-0.2, 0) is 4.74 Å². The molecule has 8 nitrogen and oxygen atoms in total. The van der Waals surface area contributed by atoms with Gasteiger partial charge in [-0.2, -0.15) is 0 Å². The topological polar surface area (TPSA) is 100 Å². The van der Waals surface area contributed by atoms with Gasteiger partial charge in [0.2, 0.25) is 0 Å². The molecule has 0 bridgehead atoms. The molecule has 1 aromatic heterocycles. The van der Waals surface area contributed by atoms with E-state index in [-0.39, 0.29) is 12.2 Å². The van der Waals surface area contributed by atoms with Gasteiger partial charge in [0.05, 0.1) is 5.69 Å². The van der Waals surface area contributed by atoms with Gasteiger partial charge >= 0.3 is 6.09 Å². The maximum absolute atomic E-state index is 12.2. The molecule has 27 heavy (non-hydrogen) atoms. The first-order chi connectivity index (χ1) is 12.9. The summed E-state index contributed by atoms with van der Waals surface area (Å²) in [6.07, 6.45) is 4.38. The molecule has 1 saturated heterocycles. The Labute approximate surface area is 157 Å². The van der Waals surface area contributed by atoms with Crippen molar-refractivity contribution in [2.24, 2.45) is 5.11 Å². The number of hydrogen-bond donors (Lipinski definition) is 0. The molecule has 0 spiro atoms. The summed E-state index contributed by atoms with van der Waals surface area (Å²) < 4.78 is 11.5. The van der Waals surface area contributed by atoms with Crippen molar-refractivity contribution in [2.75, 3.05) is 13.1 Å². The number of nitrogens with zero attached hydrogens (tertiary/aromatic N) is 5. The Bertz CT molecular complexity index is 879. The molecule has 0 N–H and O–H groups in total. The second-order valence-electron chi connectivity index (χ2n) is 7.48. The summed E-state index contributed by atoms with van der Waals surface area (Å²) in [6, 6.07) is 5.50. The Morgan fingerprint density at radius 1 is 1.30 bits per heavy atom. The predicted octanol–water partition coefficient (Wildman–Crippen LogP) is 4.95. The lowest BCUT2D eigenvalue weighted by atomic mass is 10.1. The molecule has 1 amide bonds. The van der Waals surface area contributed by atoms with Crippen molar-refractivity contribution < 1.29 is 14.3 Å². The van der Waals surface area contributed by atoms with E-state index in [1.54, 1.807) is 29.4 Å². The van der Waals surface area contributed by atoms with E-state index in [0.717, 1.165) is 10.8 Å². The summed E-state index contributed by atoms with van der Waals surface area (Å²) in [6.45, 7) is 6.69. The molecule has 0 atom stereocenters. The van der Waals surface area contributed by atoms with Crippen LogP contribution in [0, 0.1) is 0 Å². The van der Waals surface area contributed by atoms with Crippen LogP contribution in [0.15, 0.2) is 35.7 Å². The molecule has 1 fully saturated rings. The Morgan fingerprint density at radius 3 is 2.70 bits per heavy atom. The van der Waals surface area contributed by atoms with Gasteiger partial charge in [-0.25, -0.2) is 4.79 Å². The monoisotopic (exact) mass is 369 g/mol. The molecule has 8 heteroatoms. The van der Waals surface area contributed by atoms with Gasteiger partial charge in [-0.3, -0.25) is 4.98 Å². The summed E-state index contributed by atoms with van der Waals surface area (Å²) >= 11 is 0. The van der Waals surface area contributed by atoms with E-state index >= 15 is 0 Å². The van der Waals surface area contributed by atoms with Gasteiger partial charge in [0.15, 0.2) is 0 Å². The molecule has 1 aromatic carbocycles. The number of rotatable bonds is 3. The van der Waals surface area contributed by atoms with Crippen molar-refractivity contribution in [3.63, 3.8) is 0 Å². The molecule has 0 radical (unpaired) electrons. The minimum Gasteiger partial charge on any atom is -0.490 e. The molecule has 142 valence electrons. The highest BCUT2D eigenvalue weighted by atomic mass is 16.6. The first-order valence-electron chi connectivity index (χ1n) is 8.94. The summed E-state index contributed by atoms with van der Waals surface area (Å²) in [5.41, 5.74) is 8.89. The van der Waals surface area contributed by atoms with E-state index in [1.165, 1.54) is 0 Å². The van der Waals surface area contributed by atoms with Crippen molar-refractivity contribution in [2.45, 2.75) is 45.3 Å². The van der Waals surface area contributed by atoms with Crippen LogP contribution in [0.4, 0.5) is 10.5 Å². The summed E-state index contributed by atoms with van der Waals surface area (Å²) in [4.78, 5) is 20.9. The Balaban J connectivity index is 1.70. The fourth-order valence-corrected chi connectivity index (χ4v) is 3.04. The predicted molar refractivity (Wildman–Crippen MR) is 102 cm³/mol. The molecule has 1 aliphatic heterocycles. The van der Waals surface area contributed by atoms with Crippen molar-refractivity contribution in [1.82, 2.24) is 9.88 Å². The molecule has 3 rings (SSSR count). The van der Waals surface area contributed by atoms with Gasteiger partial charge in [-0.1, -0.05) is 5.11 Å². The third kappa shape index (κ3) is 4.60. The number of aromatic nitrogens is 1. The number of fused-ring (bicyclic) bond motifs is 1. The largest absolute Gasteiger partial charge is 0.490 e. The van der Waals surface area contributed by atoms with Crippen LogP contribution in [0.5, 0.6) is 5.75 Å². The van der Waals surface area contributed by atoms with E-state index in [1.807, 2.05) is 26.8 Å². The van der Waals surface area contributed by atoms with E-state index in [2.05, 4.69) is 15.0 Å². The average Bonchev–Trinajstić information content (AvgIpc) is 2.63. The maximum Gasteiger partial charge on any atom is 0.410 e. The third-order valence-corrected chi connectivity index (χ3v) is 4.29. The first kappa shape index (κ1) is 18.8. The van der Waals surface area contributed by atoms with E-state index < -0.39 is 5.60 Å². The Morgan fingerprint density at radius 2 is 2.04 bits per heavy atom. The SMILES string of the molecule is CC(C)(C)OC(=O)N1CCC(Oc2ccc3cnccc3c2N=[N+]=[N-])CC1. The molecule has 0 unspecified atom stereocenters. The zero-order valence-corrected chi connectivity index (χ0v) is 15.8. The Hall–Kier alpha value is -2.99. The van der Waals surface area contributed by atoms with Gasteiger partial charge < -0.3 is 14.4 Å². The highest BCUT2D eigenvalue weighted by molar-refractivity contribution is 5.94. The highest BCUT2D eigenvalue weighted by Gasteiger charge is 2.28. The second kappa shape index (κ2) is 7.72. The maximum atomic E-state index is 12.2. The van der Waals surface area contributed by atoms with Gasteiger partial charge in [0, 0.05) is 48.6 Å².